The molecule has 1 aromatic carbocycles. The van der Waals surface area contributed by atoms with E-state index in [0.717, 1.165) is 0 Å². The van der Waals surface area contributed by atoms with Crippen molar-refractivity contribution in [1.82, 2.24) is 4.98 Å². The van der Waals surface area contributed by atoms with Gasteiger partial charge in [-0.1, -0.05) is 12.1 Å². The second-order valence-corrected chi connectivity index (χ2v) is 2.70. The Kier molecular flexibility index (Phi) is 1.70. The molecule has 0 saturated carbocycles. The molecule has 1 heterocycles. The Morgan fingerprint density at radius 1 is 1.31 bits per heavy atom. The Labute approximate surface area is 74.7 Å². The summed E-state index contributed by atoms with van der Waals surface area (Å²) in [5.74, 6) is 0.000556. The lowest BCUT2D eigenvalue weighted by atomic mass is 10.1. The van der Waals surface area contributed by atoms with Gasteiger partial charge < -0.3 is 5.11 Å². The predicted molar refractivity (Wildman–Crippen MR) is 48.8 cm³/mol. The molecule has 0 spiro atoms. The van der Waals surface area contributed by atoms with Gasteiger partial charge >= 0.3 is 0 Å². The first-order valence-corrected chi connectivity index (χ1v) is 3.85. The number of carbonyl (C=O) groups is 1. The molecule has 1 aromatic heterocycles. The van der Waals surface area contributed by atoms with Crippen molar-refractivity contribution in [2.24, 2.45) is 0 Å². The third-order valence-electron chi connectivity index (χ3n) is 1.90. The van der Waals surface area contributed by atoms with Crippen molar-refractivity contribution in [2.75, 3.05) is 0 Å². The monoisotopic (exact) mass is 173 g/mol. The minimum atomic E-state index is 0.000556. The molecule has 0 unspecified atom stereocenters. The fourth-order valence-electron chi connectivity index (χ4n) is 1.23. The summed E-state index contributed by atoms with van der Waals surface area (Å²) in [5.41, 5.74) is 0.907. The Bertz CT molecular complexity index is 465. The van der Waals surface area contributed by atoms with Gasteiger partial charge in [-0.2, -0.15) is 0 Å². The van der Waals surface area contributed by atoms with E-state index in [4.69, 9.17) is 0 Å². The fraction of sp³-hybridized carbons (Fsp3) is 0. The quantitative estimate of drug-likeness (QED) is 0.668. The van der Waals surface area contributed by atoms with Gasteiger partial charge in [0, 0.05) is 11.6 Å². The van der Waals surface area contributed by atoms with Gasteiger partial charge in [0.25, 0.3) is 0 Å². The number of aldehydes is 1. The third-order valence-corrected chi connectivity index (χ3v) is 1.90. The van der Waals surface area contributed by atoms with Crippen LogP contribution in [0.15, 0.2) is 30.5 Å². The van der Waals surface area contributed by atoms with Gasteiger partial charge in [0.1, 0.15) is 5.75 Å². The number of carbonyl (C=O) groups excluding carboxylic acids is 1. The average molecular weight is 173 g/mol. The van der Waals surface area contributed by atoms with Gasteiger partial charge in [-0.15, -0.1) is 0 Å². The van der Waals surface area contributed by atoms with E-state index in [0.29, 0.717) is 17.2 Å². The molecular formula is C10H7NO2. The smallest absolute Gasteiger partial charge is 0.155 e. The van der Waals surface area contributed by atoms with Crippen LogP contribution in [0.5, 0.6) is 5.75 Å². The number of aromatic nitrogens is 1. The molecule has 0 aliphatic heterocycles. The second kappa shape index (κ2) is 2.86. The van der Waals surface area contributed by atoms with E-state index in [1.54, 1.807) is 18.2 Å². The highest BCUT2D eigenvalue weighted by Gasteiger charge is 2.04. The molecule has 1 N–H and O–H groups in total. The van der Waals surface area contributed by atoms with E-state index in [-0.39, 0.29) is 11.3 Å². The van der Waals surface area contributed by atoms with E-state index in [1.807, 2.05) is 6.07 Å². The number of hydrogen-bond acceptors (Lipinski definition) is 3. The maximum atomic E-state index is 10.5. The van der Waals surface area contributed by atoms with Gasteiger partial charge in [-0.05, 0) is 12.1 Å². The minimum Gasteiger partial charge on any atom is -0.506 e. The summed E-state index contributed by atoms with van der Waals surface area (Å²) in [6.07, 6.45) is 1.96. The Morgan fingerprint density at radius 3 is 2.85 bits per heavy atom. The van der Waals surface area contributed by atoms with E-state index in [1.165, 1.54) is 6.20 Å². The highest BCUT2D eigenvalue weighted by atomic mass is 16.3. The summed E-state index contributed by atoms with van der Waals surface area (Å²) in [6, 6.07) is 7.13. The SMILES string of the molecule is O=Cc1cnc2ccccc2c1O. The lowest BCUT2D eigenvalue weighted by Crippen LogP contribution is -1.86. The number of pyridine rings is 1. The van der Waals surface area contributed by atoms with Crippen molar-refractivity contribution in [3.05, 3.63) is 36.0 Å². The van der Waals surface area contributed by atoms with Gasteiger partial charge in [0.2, 0.25) is 0 Å². The summed E-state index contributed by atoms with van der Waals surface area (Å²) in [5, 5.41) is 10.2. The standard InChI is InChI=1S/C10H7NO2/c12-6-7-5-11-9-4-2-1-3-8(9)10(7)13/h1-6H,(H,11,13). The molecule has 2 aromatic rings. The van der Waals surface area contributed by atoms with Crippen LogP contribution in [0.1, 0.15) is 10.4 Å². The van der Waals surface area contributed by atoms with Gasteiger partial charge in [-0.3, -0.25) is 9.78 Å². The van der Waals surface area contributed by atoms with Crippen molar-refractivity contribution in [3.63, 3.8) is 0 Å². The maximum absolute atomic E-state index is 10.5. The average Bonchev–Trinajstić information content (AvgIpc) is 2.19. The van der Waals surface area contributed by atoms with Crippen LogP contribution in [-0.4, -0.2) is 16.4 Å². The van der Waals surface area contributed by atoms with Crippen LogP contribution in [0, 0.1) is 0 Å². The van der Waals surface area contributed by atoms with Crippen molar-refractivity contribution < 1.29 is 9.90 Å². The molecular weight excluding hydrogens is 166 g/mol. The summed E-state index contributed by atoms with van der Waals surface area (Å²) >= 11 is 0. The number of aromatic hydroxyl groups is 1. The van der Waals surface area contributed by atoms with E-state index in [2.05, 4.69) is 4.98 Å². The minimum absolute atomic E-state index is 0.000556. The van der Waals surface area contributed by atoms with Crippen LogP contribution in [0.2, 0.25) is 0 Å². The van der Waals surface area contributed by atoms with E-state index < -0.39 is 0 Å². The molecule has 0 aliphatic carbocycles. The normalized spacial score (nSPS) is 10.2. The van der Waals surface area contributed by atoms with Crippen LogP contribution in [-0.2, 0) is 0 Å². The Morgan fingerprint density at radius 2 is 2.08 bits per heavy atom. The van der Waals surface area contributed by atoms with Crippen molar-refractivity contribution >= 4 is 17.2 Å². The maximum Gasteiger partial charge on any atom is 0.155 e. The van der Waals surface area contributed by atoms with Crippen molar-refractivity contribution in [1.29, 1.82) is 0 Å². The molecule has 0 amide bonds. The van der Waals surface area contributed by atoms with Crippen LogP contribution in [0.3, 0.4) is 0 Å². The number of rotatable bonds is 1. The van der Waals surface area contributed by atoms with Gasteiger partial charge in [-0.25, -0.2) is 0 Å². The zero-order chi connectivity index (χ0) is 9.26. The first-order chi connectivity index (χ1) is 6.33. The van der Waals surface area contributed by atoms with Gasteiger partial charge in [0.15, 0.2) is 6.29 Å². The van der Waals surface area contributed by atoms with Crippen LogP contribution in [0.25, 0.3) is 10.9 Å². The largest absolute Gasteiger partial charge is 0.506 e. The lowest BCUT2D eigenvalue weighted by Gasteiger charge is -2.00. The Balaban J connectivity index is 2.86. The Hall–Kier alpha value is -1.90. The van der Waals surface area contributed by atoms with Crippen LogP contribution >= 0.6 is 0 Å². The number of nitrogens with zero attached hydrogens (tertiary/aromatic N) is 1. The topological polar surface area (TPSA) is 50.2 Å². The molecule has 3 heteroatoms. The van der Waals surface area contributed by atoms with Gasteiger partial charge in [0.05, 0.1) is 11.1 Å². The molecule has 0 atom stereocenters. The predicted octanol–water partition coefficient (Wildman–Crippen LogP) is 1.75. The molecule has 64 valence electrons. The molecule has 0 bridgehead atoms. The molecule has 13 heavy (non-hydrogen) atoms. The second-order valence-electron chi connectivity index (χ2n) is 2.70. The molecule has 3 nitrogen and oxygen atoms in total. The molecule has 0 fully saturated rings. The molecule has 0 aliphatic rings. The number of benzene rings is 1. The highest BCUT2D eigenvalue weighted by molar-refractivity contribution is 5.92. The van der Waals surface area contributed by atoms with Crippen LogP contribution in [0.4, 0.5) is 0 Å². The first kappa shape index (κ1) is 7.73. The fourth-order valence-corrected chi connectivity index (χ4v) is 1.23. The lowest BCUT2D eigenvalue weighted by molar-refractivity contribution is 0.112. The zero-order valence-corrected chi connectivity index (χ0v) is 6.77. The number of hydrogen-bond donors (Lipinski definition) is 1. The number of fused-ring (bicyclic) bond motifs is 1. The molecule has 2 rings (SSSR count). The van der Waals surface area contributed by atoms with E-state index >= 15 is 0 Å². The number of para-hydroxylation sites is 1. The summed E-state index contributed by atoms with van der Waals surface area (Å²) in [7, 11) is 0. The van der Waals surface area contributed by atoms with Crippen molar-refractivity contribution in [3.8, 4) is 5.75 Å². The van der Waals surface area contributed by atoms with Crippen LogP contribution < -0.4 is 0 Å². The summed E-state index contributed by atoms with van der Waals surface area (Å²) in [4.78, 5) is 14.5. The highest BCUT2D eigenvalue weighted by Crippen LogP contribution is 2.24. The molecule has 0 radical (unpaired) electrons. The third kappa shape index (κ3) is 1.14. The summed E-state index contributed by atoms with van der Waals surface area (Å²) in [6.45, 7) is 0. The molecule has 0 saturated heterocycles. The van der Waals surface area contributed by atoms with E-state index in [9.17, 15) is 9.90 Å². The zero-order valence-electron chi connectivity index (χ0n) is 6.77. The van der Waals surface area contributed by atoms with Crippen molar-refractivity contribution in [2.45, 2.75) is 0 Å². The summed E-state index contributed by atoms with van der Waals surface area (Å²) < 4.78 is 0. The first-order valence-electron chi connectivity index (χ1n) is 3.85.